The van der Waals surface area contributed by atoms with Crippen molar-refractivity contribution in [1.29, 1.82) is 0 Å². The molecule has 0 spiro atoms. The van der Waals surface area contributed by atoms with E-state index in [1.54, 1.807) is 13.0 Å². The number of hydrogen-bond acceptors (Lipinski definition) is 0. The molecular formula is C19H27F3. The van der Waals surface area contributed by atoms with Crippen LogP contribution in [-0.2, 0) is 0 Å². The molecular weight excluding hydrogens is 285 g/mol. The maximum atomic E-state index is 12.5. The molecule has 0 unspecified atom stereocenters. The summed E-state index contributed by atoms with van der Waals surface area (Å²) >= 11 is 0. The summed E-state index contributed by atoms with van der Waals surface area (Å²) in [4.78, 5) is 0. The van der Waals surface area contributed by atoms with Crippen molar-refractivity contribution < 1.29 is 13.2 Å². The highest BCUT2D eigenvalue weighted by atomic mass is 19.2. The molecule has 3 heteroatoms. The fourth-order valence-electron chi connectivity index (χ4n) is 0.931. The summed E-state index contributed by atoms with van der Waals surface area (Å²) in [6.07, 6.45) is 2.79. The smallest absolute Gasteiger partial charge is 0.158 e. The maximum Gasteiger partial charge on any atom is 0.158 e. The lowest BCUT2D eigenvalue weighted by Gasteiger charge is -2.04. The fraction of sp³-hybridized carbons (Fsp3) is 0.368. The van der Waals surface area contributed by atoms with E-state index in [-0.39, 0.29) is 11.7 Å². The average Bonchev–Trinajstić information content (AvgIpc) is 2.38. The molecule has 0 aromatic rings. The highest BCUT2D eigenvalue weighted by molar-refractivity contribution is 5.30. The van der Waals surface area contributed by atoms with Crippen LogP contribution in [0.4, 0.5) is 13.2 Å². The number of allylic oxidation sites excluding steroid dienone is 8. The lowest BCUT2D eigenvalue weighted by atomic mass is 10.0. The molecule has 0 rings (SSSR count). The molecule has 0 aliphatic heterocycles. The molecule has 0 fully saturated rings. The van der Waals surface area contributed by atoms with Crippen molar-refractivity contribution in [3.63, 3.8) is 0 Å². The third-order valence-corrected chi connectivity index (χ3v) is 2.88. The van der Waals surface area contributed by atoms with Gasteiger partial charge in [0.2, 0.25) is 0 Å². The summed E-state index contributed by atoms with van der Waals surface area (Å²) < 4.78 is 36.9. The SMILES string of the molecule is C=C(F)/C(C)=C\C(=C)C(C)C.C=C(F)/C(F)=C\C(=C)C(C)C. The van der Waals surface area contributed by atoms with Crippen molar-refractivity contribution in [3.8, 4) is 0 Å². The zero-order valence-electron chi connectivity index (χ0n) is 14.3. The van der Waals surface area contributed by atoms with E-state index in [9.17, 15) is 13.2 Å². The third-order valence-electron chi connectivity index (χ3n) is 2.88. The van der Waals surface area contributed by atoms with Crippen LogP contribution >= 0.6 is 0 Å². The van der Waals surface area contributed by atoms with Crippen molar-refractivity contribution in [2.24, 2.45) is 11.8 Å². The minimum absolute atomic E-state index is 0.125. The zero-order chi connectivity index (χ0) is 18.0. The molecule has 0 heterocycles. The number of rotatable bonds is 6. The molecule has 0 aliphatic rings. The van der Waals surface area contributed by atoms with Gasteiger partial charge in [-0.2, -0.15) is 0 Å². The summed E-state index contributed by atoms with van der Waals surface area (Å²) in [6.45, 7) is 22.8. The van der Waals surface area contributed by atoms with Gasteiger partial charge in [0, 0.05) is 0 Å². The van der Waals surface area contributed by atoms with Crippen molar-refractivity contribution in [2.75, 3.05) is 0 Å². The average molecular weight is 312 g/mol. The zero-order valence-corrected chi connectivity index (χ0v) is 14.3. The first-order valence-electron chi connectivity index (χ1n) is 7.02. The molecule has 0 aromatic carbocycles. The van der Waals surface area contributed by atoms with Gasteiger partial charge in [-0.1, -0.05) is 65.7 Å². The van der Waals surface area contributed by atoms with Crippen LogP contribution in [0.5, 0.6) is 0 Å². The summed E-state index contributed by atoms with van der Waals surface area (Å²) in [7, 11) is 0. The summed E-state index contributed by atoms with van der Waals surface area (Å²) in [5, 5.41) is 0. The summed E-state index contributed by atoms with van der Waals surface area (Å²) in [5.41, 5.74) is 2.05. The molecule has 22 heavy (non-hydrogen) atoms. The van der Waals surface area contributed by atoms with Gasteiger partial charge in [0.1, 0.15) is 5.83 Å². The van der Waals surface area contributed by atoms with Crippen molar-refractivity contribution in [2.45, 2.75) is 34.6 Å². The Bertz CT molecular complexity index is 443. The molecule has 0 amide bonds. The normalized spacial score (nSPS) is 11.9. The van der Waals surface area contributed by atoms with Gasteiger partial charge in [0.25, 0.3) is 0 Å². The molecule has 124 valence electrons. The Morgan fingerprint density at radius 2 is 1.09 bits per heavy atom. The van der Waals surface area contributed by atoms with E-state index in [4.69, 9.17) is 0 Å². The van der Waals surface area contributed by atoms with E-state index in [1.165, 1.54) is 0 Å². The van der Waals surface area contributed by atoms with Crippen LogP contribution < -0.4 is 0 Å². The summed E-state index contributed by atoms with van der Waals surface area (Å²) in [5.74, 6) is -1.88. The van der Waals surface area contributed by atoms with Crippen LogP contribution in [0.2, 0.25) is 0 Å². The van der Waals surface area contributed by atoms with E-state index in [0.29, 0.717) is 17.1 Å². The first-order valence-corrected chi connectivity index (χ1v) is 7.02. The lowest BCUT2D eigenvalue weighted by Crippen LogP contribution is -1.89. The van der Waals surface area contributed by atoms with E-state index in [0.717, 1.165) is 11.6 Å². The predicted octanol–water partition coefficient (Wildman–Crippen LogP) is 7.16. The molecule has 0 N–H and O–H groups in total. The minimum atomic E-state index is -1.05. The molecule has 0 bridgehead atoms. The molecule has 0 radical (unpaired) electrons. The van der Waals surface area contributed by atoms with Gasteiger partial charge in [0.05, 0.1) is 0 Å². The van der Waals surface area contributed by atoms with Gasteiger partial charge >= 0.3 is 0 Å². The monoisotopic (exact) mass is 312 g/mol. The Kier molecular flexibility index (Phi) is 11.1. The van der Waals surface area contributed by atoms with E-state index in [2.05, 4.69) is 26.3 Å². The predicted molar refractivity (Wildman–Crippen MR) is 91.4 cm³/mol. The van der Waals surface area contributed by atoms with Crippen LogP contribution in [0.15, 0.2) is 72.7 Å². The second kappa shape index (κ2) is 10.9. The van der Waals surface area contributed by atoms with Gasteiger partial charge in [-0.25, -0.2) is 13.2 Å². The van der Waals surface area contributed by atoms with Crippen molar-refractivity contribution in [3.05, 3.63) is 72.7 Å². The standard InChI is InChI=1S/C10H15F.C9H12F2/c1-7(2)8(3)6-9(4)10(5)11;1-6(2)7(3)5-9(11)8(4)10/h6-7H,3,5H2,1-2,4H3;5-6H,3-4H2,1-2H3/b9-6-;9-5+. The first-order chi connectivity index (χ1) is 9.89. The second-order valence-electron chi connectivity index (χ2n) is 5.59. The topological polar surface area (TPSA) is 0 Å². The van der Waals surface area contributed by atoms with Gasteiger partial charge in [-0.3, -0.25) is 0 Å². The lowest BCUT2D eigenvalue weighted by molar-refractivity contribution is 0.546. The molecule has 0 aliphatic carbocycles. The molecule has 0 nitrogen and oxygen atoms in total. The minimum Gasteiger partial charge on any atom is -0.207 e. The molecule has 0 atom stereocenters. The quantitative estimate of drug-likeness (QED) is 0.456. The van der Waals surface area contributed by atoms with Crippen LogP contribution in [0.25, 0.3) is 0 Å². The van der Waals surface area contributed by atoms with Crippen LogP contribution in [0.1, 0.15) is 34.6 Å². The highest BCUT2D eigenvalue weighted by Crippen LogP contribution is 2.17. The van der Waals surface area contributed by atoms with Gasteiger partial charge < -0.3 is 0 Å². The fourth-order valence-corrected chi connectivity index (χ4v) is 0.931. The Labute approximate surface area is 133 Å². The molecule has 0 saturated carbocycles. The maximum absolute atomic E-state index is 12.5. The Hall–Kier alpha value is -1.77. The van der Waals surface area contributed by atoms with Gasteiger partial charge in [-0.05, 0) is 36.0 Å². The third kappa shape index (κ3) is 11.0. The van der Waals surface area contributed by atoms with Crippen molar-refractivity contribution >= 4 is 0 Å². The first kappa shape index (κ1) is 22.5. The Morgan fingerprint density at radius 3 is 1.36 bits per heavy atom. The highest BCUT2D eigenvalue weighted by Gasteiger charge is 2.02. The Balaban J connectivity index is 0. The van der Waals surface area contributed by atoms with Crippen LogP contribution in [0.3, 0.4) is 0 Å². The van der Waals surface area contributed by atoms with E-state index < -0.39 is 11.7 Å². The largest absolute Gasteiger partial charge is 0.207 e. The van der Waals surface area contributed by atoms with Crippen LogP contribution in [0, 0.1) is 11.8 Å². The van der Waals surface area contributed by atoms with Crippen LogP contribution in [-0.4, -0.2) is 0 Å². The molecule has 0 saturated heterocycles. The van der Waals surface area contributed by atoms with Gasteiger partial charge in [0.15, 0.2) is 11.7 Å². The van der Waals surface area contributed by atoms with Gasteiger partial charge in [-0.15, -0.1) is 0 Å². The number of halogens is 3. The van der Waals surface area contributed by atoms with E-state index >= 15 is 0 Å². The second-order valence-corrected chi connectivity index (χ2v) is 5.59. The van der Waals surface area contributed by atoms with Crippen molar-refractivity contribution in [1.82, 2.24) is 0 Å². The summed E-state index contributed by atoms with van der Waals surface area (Å²) in [6, 6.07) is 0. The van der Waals surface area contributed by atoms with E-state index in [1.807, 2.05) is 27.7 Å². The number of hydrogen-bond donors (Lipinski definition) is 0. The Morgan fingerprint density at radius 1 is 0.727 bits per heavy atom. The molecule has 0 aromatic heterocycles.